The smallest absolute Gasteiger partial charge is 0.271 e. The Kier molecular flexibility index (Phi) is 4.93. The van der Waals surface area contributed by atoms with Crippen molar-refractivity contribution in [3.63, 3.8) is 0 Å². The van der Waals surface area contributed by atoms with E-state index >= 15 is 0 Å². The van der Waals surface area contributed by atoms with E-state index in [1.807, 2.05) is 28.8 Å². The predicted molar refractivity (Wildman–Crippen MR) is 133 cm³/mol. The van der Waals surface area contributed by atoms with Crippen molar-refractivity contribution >= 4 is 55.0 Å². The van der Waals surface area contributed by atoms with E-state index in [0.717, 1.165) is 33.4 Å². The molecule has 0 spiro atoms. The topological polar surface area (TPSA) is 47.5 Å². The summed E-state index contributed by atoms with van der Waals surface area (Å²) in [6, 6.07) is 20.2. The molecule has 1 aliphatic carbocycles. The fraction of sp³-hybridized carbons (Fsp3) is 0.120. The molecule has 2 aromatic heterocycles. The number of allylic oxidation sites excluding steroid dienone is 1. The first-order valence-corrected chi connectivity index (χ1v) is 12.6. The molecule has 6 rings (SSSR count). The van der Waals surface area contributed by atoms with Crippen molar-refractivity contribution in [3.8, 4) is 0 Å². The number of hydrogen-bond acceptors (Lipinski definition) is 4. The van der Waals surface area contributed by atoms with Gasteiger partial charge in [0, 0.05) is 16.1 Å². The van der Waals surface area contributed by atoms with Crippen LogP contribution in [0.15, 0.2) is 89.6 Å². The monoisotopic (exact) mass is 566 g/mol. The average molecular weight is 568 g/mol. The van der Waals surface area contributed by atoms with Gasteiger partial charge >= 0.3 is 0 Å². The number of aryl methyl sites for hydroxylation is 1. The standard InChI is InChI=1S/C25H16Br2N2O2S/c26-16-8-5-15(6-9-16)23-19-11-7-14-3-1-2-4-18(14)22(19)28-25-29(23)24(30)20(32-25)13-17-10-12-21(27)31-17/h1-6,8-10,12-13,23H,7,11H2/b20-13-/t23-/m0/s1. The molecule has 0 fully saturated rings. The molecule has 0 N–H and O–H groups in total. The van der Waals surface area contributed by atoms with Gasteiger partial charge in [-0.15, -0.1) is 0 Å². The third-order valence-corrected chi connectivity index (χ3v) is 7.86. The van der Waals surface area contributed by atoms with Crippen LogP contribution in [0.5, 0.6) is 0 Å². The van der Waals surface area contributed by atoms with Crippen molar-refractivity contribution in [3.05, 3.63) is 118 Å². The highest BCUT2D eigenvalue weighted by molar-refractivity contribution is 9.10. The Bertz CT molecular complexity index is 1580. The van der Waals surface area contributed by atoms with Gasteiger partial charge in [0.1, 0.15) is 5.76 Å². The Balaban J connectivity index is 1.64. The average Bonchev–Trinajstić information content (AvgIpc) is 3.35. The molecular formula is C25H16Br2N2O2S. The molecule has 0 saturated heterocycles. The van der Waals surface area contributed by atoms with Crippen LogP contribution in [0, 0.1) is 0 Å². The molecule has 0 saturated carbocycles. The molecule has 0 unspecified atom stereocenters. The van der Waals surface area contributed by atoms with Gasteiger partial charge in [0.25, 0.3) is 5.56 Å². The van der Waals surface area contributed by atoms with E-state index in [1.54, 1.807) is 6.08 Å². The fourth-order valence-electron chi connectivity index (χ4n) is 4.50. The van der Waals surface area contributed by atoms with Crippen LogP contribution in [0.25, 0.3) is 11.8 Å². The number of nitrogens with zero attached hydrogens (tertiary/aromatic N) is 2. The van der Waals surface area contributed by atoms with Gasteiger partial charge in [-0.3, -0.25) is 9.36 Å². The minimum absolute atomic E-state index is 0.0420. The van der Waals surface area contributed by atoms with Crippen LogP contribution in [0.3, 0.4) is 0 Å². The zero-order chi connectivity index (χ0) is 21.8. The molecule has 4 nitrogen and oxygen atoms in total. The summed E-state index contributed by atoms with van der Waals surface area (Å²) in [4.78, 5) is 19.3. The Morgan fingerprint density at radius 1 is 1.03 bits per heavy atom. The zero-order valence-corrected chi connectivity index (χ0v) is 20.7. The van der Waals surface area contributed by atoms with Crippen molar-refractivity contribution in [2.24, 2.45) is 4.99 Å². The molecule has 3 heterocycles. The van der Waals surface area contributed by atoms with Crippen LogP contribution < -0.4 is 14.9 Å². The van der Waals surface area contributed by atoms with Gasteiger partial charge in [-0.25, -0.2) is 4.99 Å². The maximum Gasteiger partial charge on any atom is 0.271 e. The first-order chi connectivity index (χ1) is 15.6. The third-order valence-electron chi connectivity index (χ3n) is 5.93. The lowest BCUT2D eigenvalue weighted by Gasteiger charge is -2.30. The quantitative estimate of drug-likeness (QED) is 0.324. The number of hydrogen-bond donors (Lipinski definition) is 0. The van der Waals surface area contributed by atoms with Crippen molar-refractivity contribution in [1.82, 2.24) is 4.57 Å². The lowest BCUT2D eigenvalue weighted by Crippen LogP contribution is -2.38. The maximum atomic E-state index is 13.6. The highest BCUT2D eigenvalue weighted by atomic mass is 79.9. The molecule has 2 aliphatic rings. The molecule has 0 bridgehead atoms. The predicted octanol–water partition coefficient (Wildman–Crippen LogP) is 5.44. The van der Waals surface area contributed by atoms with Crippen LogP contribution >= 0.6 is 43.2 Å². The maximum absolute atomic E-state index is 13.6. The Hall–Kier alpha value is -2.48. The minimum Gasteiger partial charge on any atom is -0.450 e. The van der Waals surface area contributed by atoms with Crippen molar-refractivity contribution < 1.29 is 4.42 Å². The molecule has 2 aromatic carbocycles. The molecule has 32 heavy (non-hydrogen) atoms. The molecule has 1 aliphatic heterocycles. The summed E-state index contributed by atoms with van der Waals surface area (Å²) in [7, 11) is 0. The van der Waals surface area contributed by atoms with E-state index in [0.29, 0.717) is 15.0 Å². The van der Waals surface area contributed by atoms with Crippen molar-refractivity contribution in [2.75, 3.05) is 0 Å². The SMILES string of the molecule is O=c1/c(=C/c2ccc(Br)o2)sc2n1[C@@H](c1ccc(Br)cc1)C1=C(N=2)c2ccccc2CC1. The Morgan fingerprint density at radius 2 is 1.84 bits per heavy atom. The summed E-state index contributed by atoms with van der Waals surface area (Å²) in [5.41, 5.74) is 5.73. The molecule has 4 aromatic rings. The highest BCUT2D eigenvalue weighted by Crippen LogP contribution is 2.41. The third kappa shape index (κ3) is 3.31. The molecule has 158 valence electrons. The minimum atomic E-state index is -0.173. The van der Waals surface area contributed by atoms with Gasteiger partial charge in [-0.1, -0.05) is 63.7 Å². The Labute approximate surface area is 204 Å². The first-order valence-electron chi connectivity index (χ1n) is 10.2. The van der Waals surface area contributed by atoms with E-state index in [2.05, 4.69) is 68.3 Å². The van der Waals surface area contributed by atoms with E-state index in [1.165, 1.54) is 28.0 Å². The summed E-state index contributed by atoms with van der Waals surface area (Å²) in [6.07, 6.45) is 3.62. The largest absolute Gasteiger partial charge is 0.450 e. The second kappa shape index (κ2) is 7.83. The number of aromatic nitrogens is 1. The number of thiazole rings is 1. The molecule has 0 amide bonds. The lowest BCUT2D eigenvalue weighted by atomic mass is 9.83. The molecule has 0 radical (unpaired) electrons. The van der Waals surface area contributed by atoms with Gasteiger partial charge in [-0.2, -0.15) is 0 Å². The number of furan rings is 1. The van der Waals surface area contributed by atoms with Gasteiger partial charge in [0.05, 0.1) is 16.3 Å². The van der Waals surface area contributed by atoms with Crippen LogP contribution in [0.4, 0.5) is 0 Å². The first kappa shape index (κ1) is 20.1. The van der Waals surface area contributed by atoms with Crippen LogP contribution in [-0.2, 0) is 6.42 Å². The second-order valence-electron chi connectivity index (χ2n) is 7.81. The van der Waals surface area contributed by atoms with E-state index < -0.39 is 0 Å². The van der Waals surface area contributed by atoms with Crippen LogP contribution in [0.2, 0.25) is 0 Å². The summed E-state index contributed by atoms with van der Waals surface area (Å²) in [5, 5.41) is 0. The zero-order valence-electron chi connectivity index (χ0n) is 16.7. The van der Waals surface area contributed by atoms with Crippen LogP contribution in [-0.4, -0.2) is 4.57 Å². The molecular weight excluding hydrogens is 552 g/mol. The van der Waals surface area contributed by atoms with Gasteiger partial charge in [0.2, 0.25) is 0 Å². The number of benzene rings is 2. The summed E-state index contributed by atoms with van der Waals surface area (Å²) in [5.74, 6) is 0.636. The van der Waals surface area contributed by atoms with Crippen LogP contribution in [0.1, 0.15) is 34.9 Å². The lowest BCUT2D eigenvalue weighted by molar-refractivity contribution is 0.531. The summed E-state index contributed by atoms with van der Waals surface area (Å²) in [6.45, 7) is 0. The number of fused-ring (bicyclic) bond motifs is 3. The summed E-state index contributed by atoms with van der Waals surface area (Å²) >= 11 is 8.27. The Morgan fingerprint density at radius 3 is 2.62 bits per heavy atom. The van der Waals surface area contributed by atoms with Crippen molar-refractivity contribution in [1.29, 1.82) is 0 Å². The van der Waals surface area contributed by atoms with Gasteiger partial charge in [0.15, 0.2) is 9.47 Å². The number of rotatable bonds is 2. The number of halogens is 2. The summed E-state index contributed by atoms with van der Waals surface area (Å²) < 4.78 is 9.73. The fourth-order valence-corrected chi connectivity index (χ4v) is 6.07. The molecule has 1 atom stereocenters. The van der Waals surface area contributed by atoms with E-state index in [-0.39, 0.29) is 11.6 Å². The van der Waals surface area contributed by atoms with Gasteiger partial charge in [-0.05, 0) is 69.7 Å². The second-order valence-corrected chi connectivity index (χ2v) is 10.5. The van der Waals surface area contributed by atoms with E-state index in [9.17, 15) is 4.79 Å². The van der Waals surface area contributed by atoms with Gasteiger partial charge < -0.3 is 4.42 Å². The normalized spacial score (nSPS) is 17.6. The highest BCUT2D eigenvalue weighted by Gasteiger charge is 2.32. The van der Waals surface area contributed by atoms with Crippen molar-refractivity contribution in [2.45, 2.75) is 18.9 Å². The van der Waals surface area contributed by atoms with E-state index in [4.69, 9.17) is 9.41 Å². The molecule has 7 heteroatoms.